The van der Waals surface area contributed by atoms with Gasteiger partial charge in [0.1, 0.15) is 12.3 Å². The average Bonchev–Trinajstić information content (AvgIpc) is 3.49. The topological polar surface area (TPSA) is 70.7 Å². The Kier molecular flexibility index (Phi) is 6.29. The van der Waals surface area contributed by atoms with Crippen LogP contribution >= 0.6 is 0 Å². The summed E-state index contributed by atoms with van der Waals surface area (Å²) in [6, 6.07) is 24.6. The molecule has 0 saturated heterocycles. The number of carbonyl (C=O) groups excluding carboxylic acids is 1. The van der Waals surface area contributed by atoms with Crippen LogP contribution in [-0.2, 0) is 17.5 Å². The lowest BCUT2D eigenvalue weighted by Gasteiger charge is -2.23. The first-order valence-corrected chi connectivity index (χ1v) is 11.7. The second kappa shape index (κ2) is 9.57. The predicted molar refractivity (Wildman–Crippen MR) is 133 cm³/mol. The molecule has 1 N–H and O–H groups in total. The molecule has 0 aliphatic carbocycles. The molecule has 0 saturated carbocycles. The van der Waals surface area contributed by atoms with Crippen molar-refractivity contribution in [2.75, 3.05) is 0 Å². The molecule has 6 nitrogen and oxygen atoms in total. The number of hydrogen-bond acceptors (Lipinski definition) is 4. The number of hydrogen-bond donors (Lipinski definition) is 1. The quantitative estimate of drug-likeness (QED) is 0.365. The van der Waals surface area contributed by atoms with E-state index in [0.717, 1.165) is 27.4 Å². The van der Waals surface area contributed by atoms with Gasteiger partial charge in [-0.15, -0.1) is 0 Å². The summed E-state index contributed by atoms with van der Waals surface area (Å²) in [6.07, 6.45) is -4.28. The summed E-state index contributed by atoms with van der Waals surface area (Å²) >= 11 is 0. The molecule has 0 unspecified atom stereocenters. The van der Waals surface area contributed by atoms with Crippen molar-refractivity contribution >= 4 is 11.6 Å². The van der Waals surface area contributed by atoms with Crippen LogP contribution in [0.3, 0.4) is 0 Å². The molecule has 188 valence electrons. The van der Waals surface area contributed by atoms with Crippen molar-refractivity contribution in [1.82, 2.24) is 14.8 Å². The van der Waals surface area contributed by atoms with Crippen molar-refractivity contribution in [3.63, 3.8) is 0 Å². The van der Waals surface area contributed by atoms with E-state index in [1.807, 2.05) is 54.6 Å². The second-order valence-electron chi connectivity index (χ2n) is 8.83. The molecule has 37 heavy (non-hydrogen) atoms. The zero-order valence-corrected chi connectivity index (χ0v) is 19.9. The van der Waals surface area contributed by atoms with E-state index < -0.39 is 30.4 Å². The van der Waals surface area contributed by atoms with E-state index in [1.165, 1.54) is 18.0 Å². The molecule has 5 rings (SSSR count). The molecule has 1 atom stereocenters. The SMILES string of the molecule is Cc1cc(C(F)(F)F)nn1CC(=O)N1N=C(c2ccc(-c3ccccc3)cc2)C[C@H]1c1ccccc1O. The molecule has 1 aliphatic rings. The number of nitrogens with zero attached hydrogens (tertiary/aromatic N) is 4. The highest BCUT2D eigenvalue weighted by Crippen LogP contribution is 2.37. The number of para-hydroxylation sites is 1. The molecule has 3 aromatic carbocycles. The van der Waals surface area contributed by atoms with Crippen molar-refractivity contribution < 1.29 is 23.1 Å². The second-order valence-corrected chi connectivity index (χ2v) is 8.83. The molecule has 1 aliphatic heterocycles. The minimum atomic E-state index is -4.61. The van der Waals surface area contributed by atoms with Crippen LogP contribution in [0.5, 0.6) is 5.75 Å². The van der Waals surface area contributed by atoms with Crippen LogP contribution in [0.4, 0.5) is 13.2 Å². The van der Waals surface area contributed by atoms with Gasteiger partial charge in [0.15, 0.2) is 5.69 Å². The molecule has 2 heterocycles. The number of aromatic nitrogens is 2. The van der Waals surface area contributed by atoms with Crippen molar-refractivity contribution in [3.8, 4) is 16.9 Å². The number of rotatable bonds is 5. The van der Waals surface area contributed by atoms with Gasteiger partial charge in [-0.3, -0.25) is 9.48 Å². The summed E-state index contributed by atoms with van der Waals surface area (Å²) < 4.78 is 40.3. The number of aryl methyl sites for hydroxylation is 1. The zero-order chi connectivity index (χ0) is 26.2. The molecule has 1 aromatic heterocycles. The molecule has 1 amide bonds. The van der Waals surface area contributed by atoms with Gasteiger partial charge in [0.05, 0.1) is 11.8 Å². The summed E-state index contributed by atoms with van der Waals surface area (Å²) in [7, 11) is 0. The Labute approximate surface area is 211 Å². The zero-order valence-electron chi connectivity index (χ0n) is 19.9. The highest BCUT2D eigenvalue weighted by molar-refractivity contribution is 6.03. The standard InChI is InChI=1S/C28H23F3N4O2/c1-18-15-26(28(29,30)31)33-34(18)17-27(37)35-24(22-9-5-6-10-25(22)36)16-23(32-35)21-13-11-20(12-14-21)19-7-3-2-4-8-19/h2-15,24,36H,16-17H2,1H3/t24-/m0/s1. The first kappa shape index (κ1) is 24.3. The summed E-state index contributed by atoms with van der Waals surface area (Å²) in [6.45, 7) is 1.04. The Balaban J connectivity index is 1.45. The average molecular weight is 505 g/mol. The van der Waals surface area contributed by atoms with Gasteiger partial charge in [-0.05, 0) is 35.7 Å². The smallest absolute Gasteiger partial charge is 0.435 e. The number of phenols is 1. The van der Waals surface area contributed by atoms with Crippen LogP contribution < -0.4 is 0 Å². The fourth-order valence-corrected chi connectivity index (χ4v) is 4.42. The molecule has 0 spiro atoms. The van der Waals surface area contributed by atoms with Gasteiger partial charge in [0.2, 0.25) is 0 Å². The third-order valence-corrected chi connectivity index (χ3v) is 6.34. The van der Waals surface area contributed by atoms with Gasteiger partial charge in [0.25, 0.3) is 5.91 Å². The van der Waals surface area contributed by atoms with Crippen LogP contribution in [0.15, 0.2) is 90.0 Å². The highest BCUT2D eigenvalue weighted by atomic mass is 19.4. The molecule has 9 heteroatoms. The Bertz CT molecular complexity index is 1460. The summed E-state index contributed by atoms with van der Waals surface area (Å²) in [5.41, 5.74) is 3.20. The Morgan fingerprint density at radius 1 is 0.946 bits per heavy atom. The lowest BCUT2D eigenvalue weighted by atomic mass is 9.96. The number of hydrazone groups is 1. The number of benzene rings is 3. The van der Waals surface area contributed by atoms with Crippen molar-refractivity contribution in [3.05, 3.63) is 107 Å². The Hall–Kier alpha value is -4.40. The molecule has 0 radical (unpaired) electrons. The van der Waals surface area contributed by atoms with E-state index in [4.69, 9.17) is 0 Å². The summed E-state index contributed by atoms with van der Waals surface area (Å²) in [5, 5.41) is 19.9. The van der Waals surface area contributed by atoms with E-state index in [9.17, 15) is 23.1 Å². The normalized spacial score (nSPS) is 15.6. The van der Waals surface area contributed by atoms with Crippen LogP contribution in [0, 0.1) is 6.92 Å². The van der Waals surface area contributed by atoms with E-state index in [1.54, 1.807) is 18.2 Å². The third kappa shape index (κ3) is 4.97. The number of alkyl halides is 3. The molecular formula is C28H23F3N4O2. The van der Waals surface area contributed by atoms with E-state index >= 15 is 0 Å². The van der Waals surface area contributed by atoms with Crippen LogP contribution in [0.1, 0.15) is 35.0 Å². The maximum absolute atomic E-state index is 13.3. The van der Waals surface area contributed by atoms with Gasteiger partial charge >= 0.3 is 6.18 Å². The van der Waals surface area contributed by atoms with Crippen molar-refractivity contribution in [2.45, 2.75) is 32.1 Å². The number of phenolic OH excluding ortho intramolecular Hbond substituents is 1. The fourth-order valence-electron chi connectivity index (χ4n) is 4.42. The lowest BCUT2D eigenvalue weighted by Crippen LogP contribution is -2.31. The highest BCUT2D eigenvalue weighted by Gasteiger charge is 2.37. The maximum Gasteiger partial charge on any atom is 0.435 e. The van der Waals surface area contributed by atoms with Crippen LogP contribution in [-0.4, -0.2) is 31.5 Å². The third-order valence-electron chi connectivity index (χ3n) is 6.34. The predicted octanol–water partition coefficient (Wildman–Crippen LogP) is 5.96. The largest absolute Gasteiger partial charge is 0.508 e. The molecule has 0 fully saturated rings. The van der Waals surface area contributed by atoms with Crippen molar-refractivity contribution in [2.24, 2.45) is 5.10 Å². The maximum atomic E-state index is 13.3. The monoisotopic (exact) mass is 504 g/mol. The summed E-state index contributed by atoms with van der Waals surface area (Å²) in [4.78, 5) is 13.3. The lowest BCUT2D eigenvalue weighted by molar-refractivity contribution is -0.142. The van der Waals surface area contributed by atoms with Gasteiger partial charge in [-0.25, -0.2) is 5.01 Å². The van der Waals surface area contributed by atoms with E-state index in [2.05, 4.69) is 10.2 Å². The summed E-state index contributed by atoms with van der Waals surface area (Å²) in [5.74, 6) is -0.528. The number of carbonyl (C=O) groups is 1. The first-order valence-electron chi connectivity index (χ1n) is 11.7. The molecular weight excluding hydrogens is 481 g/mol. The van der Waals surface area contributed by atoms with E-state index in [-0.39, 0.29) is 11.4 Å². The Morgan fingerprint density at radius 2 is 1.57 bits per heavy atom. The fraction of sp³-hybridized carbons (Fsp3) is 0.179. The minimum Gasteiger partial charge on any atom is -0.508 e. The Morgan fingerprint density at radius 3 is 2.22 bits per heavy atom. The van der Waals surface area contributed by atoms with Crippen LogP contribution in [0.2, 0.25) is 0 Å². The van der Waals surface area contributed by atoms with Gasteiger partial charge in [0, 0.05) is 17.7 Å². The number of aromatic hydroxyl groups is 1. The number of halogens is 3. The van der Waals surface area contributed by atoms with Crippen molar-refractivity contribution in [1.29, 1.82) is 0 Å². The molecule has 4 aromatic rings. The molecule has 0 bridgehead atoms. The van der Waals surface area contributed by atoms with Gasteiger partial charge < -0.3 is 5.11 Å². The minimum absolute atomic E-state index is 0.0100. The van der Waals surface area contributed by atoms with E-state index in [0.29, 0.717) is 17.7 Å². The first-order chi connectivity index (χ1) is 17.7. The van der Waals surface area contributed by atoms with Gasteiger partial charge in [-0.1, -0.05) is 72.8 Å². The van der Waals surface area contributed by atoms with Gasteiger partial charge in [-0.2, -0.15) is 23.4 Å². The number of amides is 1. The van der Waals surface area contributed by atoms with Crippen LogP contribution in [0.25, 0.3) is 11.1 Å².